The van der Waals surface area contributed by atoms with E-state index >= 15 is 0 Å². The van der Waals surface area contributed by atoms with E-state index in [1.807, 2.05) is 6.07 Å². The van der Waals surface area contributed by atoms with Gasteiger partial charge in [-0.2, -0.15) is 0 Å². The number of aliphatic hydroxyl groups excluding tert-OH is 1. The number of likely N-dealkylation sites (tertiary alicyclic amines) is 1. The predicted molar refractivity (Wildman–Crippen MR) is 77.6 cm³/mol. The van der Waals surface area contributed by atoms with Crippen LogP contribution in [0.25, 0.3) is 0 Å². The van der Waals surface area contributed by atoms with Crippen molar-refractivity contribution in [2.75, 3.05) is 19.6 Å². The van der Waals surface area contributed by atoms with Gasteiger partial charge in [-0.25, -0.2) is 4.79 Å². The number of nitrogens with zero attached hydrogens (tertiary/aromatic N) is 1. The molecule has 1 unspecified atom stereocenters. The van der Waals surface area contributed by atoms with Gasteiger partial charge in [0.25, 0.3) is 0 Å². The highest BCUT2D eigenvalue weighted by atomic mass is 32.1. The summed E-state index contributed by atoms with van der Waals surface area (Å²) < 4.78 is 0. The lowest BCUT2D eigenvalue weighted by molar-refractivity contribution is 0.0839. The second kappa shape index (κ2) is 5.92. The third kappa shape index (κ3) is 3.70. The fraction of sp³-hybridized carbons (Fsp3) is 0.643. The van der Waals surface area contributed by atoms with E-state index < -0.39 is 0 Å². The van der Waals surface area contributed by atoms with Crippen molar-refractivity contribution in [3.8, 4) is 0 Å². The van der Waals surface area contributed by atoms with Gasteiger partial charge in [-0.05, 0) is 24.3 Å². The lowest BCUT2D eigenvalue weighted by Crippen LogP contribution is -2.49. The van der Waals surface area contributed by atoms with Crippen molar-refractivity contribution < 1.29 is 9.90 Å². The van der Waals surface area contributed by atoms with Crippen LogP contribution in [0.5, 0.6) is 0 Å². The lowest BCUT2D eigenvalue weighted by atomic mass is 9.91. The standard InChI is InChI=1S/C14H22N2O2S/c1-14(2,12-6-4-8-19-12)10-15-13(18)16-7-3-5-11(17)9-16/h4,6,8,11,17H,3,5,7,9-10H2,1-2H3,(H,15,18). The zero-order valence-electron chi connectivity index (χ0n) is 11.6. The molecule has 0 bridgehead atoms. The van der Waals surface area contributed by atoms with Crippen LogP contribution in [0, 0.1) is 0 Å². The van der Waals surface area contributed by atoms with Crippen LogP contribution < -0.4 is 5.32 Å². The molecule has 2 amide bonds. The van der Waals surface area contributed by atoms with Crippen LogP contribution in [-0.2, 0) is 5.41 Å². The first kappa shape index (κ1) is 14.3. The van der Waals surface area contributed by atoms with E-state index in [2.05, 4.69) is 30.6 Å². The van der Waals surface area contributed by atoms with Crippen LogP contribution >= 0.6 is 11.3 Å². The van der Waals surface area contributed by atoms with E-state index in [0.717, 1.165) is 19.4 Å². The second-order valence-corrected chi connectivity index (χ2v) is 6.71. The predicted octanol–water partition coefficient (Wildman–Crippen LogP) is 2.19. The van der Waals surface area contributed by atoms with Gasteiger partial charge in [-0.15, -0.1) is 11.3 Å². The molecule has 0 radical (unpaired) electrons. The Morgan fingerprint density at radius 3 is 3.05 bits per heavy atom. The van der Waals surface area contributed by atoms with Crippen LogP contribution in [0.4, 0.5) is 4.79 Å². The molecule has 1 atom stereocenters. The molecule has 1 aromatic rings. The first-order chi connectivity index (χ1) is 8.99. The lowest BCUT2D eigenvalue weighted by Gasteiger charge is -2.32. The van der Waals surface area contributed by atoms with Gasteiger partial charge in [0.05, 0.1) is 6.10 Å². The zero-order chi connectivity index (χ0) is 13.9. The van der Waals surface area contributed by atoms with E-state index in [0.29, 0.717) is 13.1 Å². The SMILES string of the molecule is CC(C)(CNC(=O)N1CCCC(O)C1)c1cccs1. The highest BCUT2D eigenvalue weighted by molar-refractivity contribution is 7.10. The van der Waals surface area contributed by atoms with Gasteiger partial charge >= 0.3 is 6.03 Å². The van der Waals surface area contributed by atoms with Crippen molar-refractivity contribution in [3.05, 3.63) is 22.4 Å². The van der Waals surface area contributed by atoms with Crippen molar-refractivity contribution in [2.45, 2.75) is 38.2 Å². The number of amides is 2. The summed E-state index contributed by atoms with van der Waals surface area (Å²) in [5.41, 5.74) is -0.0573. The number of aliphatic hydroxyl groups is 1. The number of thiophene rings is 1. The van der Waals surface area contributed by atoms with Crippen molar-refractivity contribution in [3.63, 3.8) is 0 Å². The number of β-amino-alcohol motifs (C(OH)–C–C–N with tert-alkyl or cyclic N) is 1. The maximum absolute atomic E-state index is 12.1. The van der Waals surface area contributed by atoms with E-state index in [4.69, 9.17) is 0 Å². The number of hydrogen-bond acceptors (Lipinski definition) is 3. The minimum absolute atomic E-state index is 0.0573. The molecule has 1 aromatic heterocycles. The molecule has 0 spiro atoms. The summed E-state index contributed by atoms with van der Waals surface area (Å²) in [5, 5.41) is 14.6. The molecule has 106 valence electrons. The Bertz CT molecular complexity index is 417. The molecule has 1 aliphatic heterocycles. The topological polar surface area (TPSA) is 52.6 Å². The minimum atomic E-state index is -0.371. The Hall–Kier alpha value is -1.07. The molecule has 0 saturated carbocycles. The van der Waals surface area contributed by atoms with Crippen LogP contribution in [0.2, 0.25) is 0 Å². The number of carbonyl (C=O) groups is 1. The molecule has 2 rings (SSSR count). The van der Waals surface area contributed by atoms with E-state index in [1.54, 1.807) is 16.2 Å². The Labute approximate surface area is 118 Å². The largest absolute Gasteiger partial charge is 0.391 e. The average Bonchev–Trinajstić information content (AvgIpc) is 2.90. The Morgan fingerprint density at radius 2 is 2.42 bits per heavy atom. The maximum Gasteiger partial charge on any atom is 0.317 e. The maximum atomic E-state index is 12.1. The molecular weight excluding hydrogens is 260 g/mol. The number of carbonyl (C=O) groups excluding carboxylic acids is 1. The smallest absolute Gasteiger partial charge is 0.317 e. The molecule has 4 nitrogen and oxygen atoms in total. The first-order valence-corrected chi connectivity index (χ1v) is 7.62. The second-order valence-electron chi connectivity index (χ2n) is 5.76. The van der Waals surface area contributed by atoms with Gasteiger partial charge in [0, 0.05) is 29.9 Å². The van der Waals surface area contributed by atoms with Crippen LogP contribution in [0.1, 0.15) is 31.6 Å². The molecule has 5 heteroatoms. The molecular formula is C14H22N2O2S. The zero-order valence-corrected chi connectivity index (χ0v) is 12.4. The number of nitrogens with one attached hydrogen (secondary N) is 1. The molecule has 0 aliphatic carbocycles. The van der Waals surface area contributed by atoms with Gasteiger partial charge in [0.15, 0.2) is 0 Å². The van der Waals surface area contributed by atoms with Crippen molar-refractivity contribution in [2.24, 2.45) is 0 Å². The van der Waals surface area contributed by atoms with Gasteiger partial charge in [-0.1, -0.05) is 19.9 Å². The molecule has 1 saturated heterocycles. The fourth-order valence-corrected chi connectivity index (χ4v) is 3.15. The summed E-state index contributed by atoms with van der Waals surface area (Å²) >= 11 is 1.71. The van der Waals surface area contributed by atoms with Crippen LogP contribution in [0.15, 0.2) is 17.5 Å². The minimum Gasteiger partial charge on any atom is -0.391 e. The molecule has 1 fully saturated rings. The van der Waals surface area contributed by atoms with Gasteiger partial charge < -0.3 is 15.3 Å². The van der Waals surface area contributed by atoms with Crippen molar-refractivity contribution in [1.29, 1.82) is 0 Å². The van der Waals surface area contributed by atoms with Gasteiger partial charge in [-0.3, -0.25) is 0 Å². The van der Waals surface area contributed by atoms with Gasteiger partial charge in [0.1, 0.15) is 0 Å². The Morgan fingerprint density at radius 1 is 1.63 bits per heavy atom. The van der Waals surface area contributed by atoms with Crippen LogP contribution in [-0.4, -0.2) is 41.8 Å². The van der Waals surface area contributed by atoms with Crippen LogP contribution in [0.3, 0.4) is 0 Å². The summed E-state index contributed by atoms with van der Waals surface area (Å²) in [4.78, 5) is 15.0. The molecule has 2 heterocycles. The average molecular weight is 282 g/mol. The fourth-order valence-electron chi connectivity index (χ4n) is 2.30. The quantitative estimate of drug-likeness (QED) is 0.893. The highest BCUT2D eigenvalue weighted by Gasteiger charge is 2.26. The van der Waals surface area contributed by atoms with Gasteiger partial charge in [0.2, 0.25) is 0 Å². The number of urea groups is 1. The summed E-state index contributed by atoms with van der Waals surface area (Å²) in [6, 6.07) is 4.06. The van der Waals surface area contributed by atoms with E-state index in [1.165, 1.54) is 4.88 Å². The number of hydrogen-bond donors (Lipinski definition) is 2. The Kier molecular flexibility index (Phi) is 4.47. The molecule has 2 N–H and O–H groups in total. The molecule has 19 heavy (non-hydrogen) atoms. The highest BCUT2D eigenvalue weighted by Crippen LogP contribution is 2.26. The summed E-state index contributed by atoms with van der Waals surface area (Å²) in [6.07, 6.45) is 1.30. The molecule has 0 aromatic carbocycles. The summed E-state index contributed by atoms with van der Waals surface area (Å²) in [5.74, 6) is 0. The number of piperidine rings is 1. The third-order valence-corrected chi connectivity index (χ3v) is 4.79. The first-order valence-electron chi connectivity index (χ1n) is 6.74. The monoisotopic (exact) mass is 282 g/mol. The Balaban J connectivity index is 1.86. The van der Waals surface area contributed by atoms with Crippen molar-refractivity contribution in [1.82, 2.24) is 10.2 Å². The summed E-state index contributed by atoms with van der Waals surface area (Å²) in [6.45, 7) is 6.06. The summed E-state index contributed by atoms with van der Waals surface area (Å²) in [7, 11) is 0. The van der Waals surface area contributed by atoms with E-state index in [9.17, 15) is 9.90 Å². The number of rotatable bonds is 3. The van der Waals surface area contributed by atoms with Crippen molar-refractivity contribution >= 4 is 17.4 Å². The molecule has 1 aliphatic rings. The third-order valence-electron chi connectivity index (χ3n) is 3.55. The van der Waals surface area contributed by atoms with E-state index in [-0.39, 0.29) is 17.6 Å². The normalized spacial score (nSPS) is 20.4.